The zero-order chi connectivity index (χ0) is 18.6. The van der Waals surface area contributed by atoms with Gasteiger partial charge in [0.25, 0.3) is 0 Å². The van der Waals surface area contributed by atoms with Gasteiger partial charge in [0.1, 0.15) is 0 Å². The van der Waals surface area contributed by atoms with Crippen molar-refractivity contribution >= 4 is 38.1 Å². The van der Waals surface area contributed by atoms with Crippen molar-refractivity contribution in [2.75, 3.05) is 45.7 Å². The summed E-state index contributed by atoms with van der Waals surface area (Å²) in [7, 11) is 6.66. The summed E-state index contributed by atoms with van der Waals surface area (Å²) in [5.41, 5.74) is 3.04. The normalized spacial score (nSPS) is 11.7. The Hall–Kier alpha value is -1.83. The van der Waals surface area contributed by atoms with Gasteiger partial charge in [0.05, 0.1) is 50.1 Å². The van der Waals surface area contributed by atoms with Crippen LogP contribution < -0.4 is 21.9 Å². The lowest BCUT2D eigenvalue weighted by atomic mass is 10.2. The van der Waals surface area contributed by atoms with Crippen molar-refractivity contribution in [3.63, 3.8) is 0 Å². The van der Waals surface area contributed by atoms with Crippen molar-refractivity contribution < 1.29 is 21.5 Å². The number of thiazole rings is 1. The summed E-state index contributed by atoms with van der Waals surface area (Å²) in [5.74, 6) is 0. The first-order valence-electron chi connectivity index (χ1n) is 8.87. The Morgan fingerprint density at radius 2 is 1.70 bits per heavy atom. The Kier molecular flexibility index (Phi) is 7.47. The van der Waals surface area contributed by atoms with E-state index in [0.717, 1.165) is 40.0 Å². The summed E-state index contributed by atoms with van der Waals surface area (Å²) in [5, 5.41) is 9.32. The number of quaternary nitrogens is 1. The molecule has 0 aliphatic carbocycles. The summed E-state index contributed by atoms with van der Waals surface area (Å²) < 4.78 is 2.10. The van der Waals surface area contributed by atoms with Gasteiger partial charge in [-0.15, -0.1) is 10.2 Å². The Labute approximate surface area is 175 Å². The molecule has 0 bridgehead atoms. The van der Waals surface area contributed by atoms with Crippen molar-refractivity contribution in [2.45, 2.75) is 6.92 Å². The van der Waals surface area contributed by atoms with E-state index >= 15 is 0 Å². The minimum absolute atomic E-state index is 0. The summed E-state index contributed by atoms with van der Waals surface area (Å²) in [6, 6.07) is 16.3. The molecule has 0 fully saturated rings. The number of rotatable bonds is 7. The number of fused-ring (bicyclic) bond motifs is 1. The quantitative estimate of drug-likeness (QED) is 0.411. The standard InChI is InChI=1S/C20H26N5S.BrH/c1-5-24(14-15-25(2,3)4)17-12-10-16(11-13-17)22-23-20-21-18-8-6-7-9-19(18)26-20;/h6-13H,5,14-15H2,1-4H3;1H/q+1;/p-1. The summed E-state index contributed by atoms with van der Waals surface area (Å²) in [6.07, 6.45) is 0. The first-order valence-corrected chi connectivity index (χ1v) is 9.69. The maximum atomic E-state index is 4.48. The minimum Gasteiger partial charge on any atom is -1.00 e. The Morgan fingerprint density at radius 1 is 1.00 bits per heavy atom. The second kappa shape index (κ2) is 9.39. The van der Waals surface area contributed by atoms with E-state index in [1.807, 2.05) is 30.3 Å². The van der Waals surface area contributed by atoms with Gasteiger partial charge < -0.3 is 26.4 Å². The van der Waals surface area contributed by atoms with Crippen LogP contribution in [0.15, 0.2) is 58.8 Å². The van der Waals surface area contributed by atoms with Gasteiger partial charge in [-0.3, -0.25) is 0 Å². The fourth-order valence-electron chi connectivity index (χ4n) is 2.62. The maximum Gasteiger partial charge on any atom is 0.231 e. The molecule has 0 unspecified atom stereocenters. The third kappa shape index (κ3) is 6.09. The average molecular weight is 448 g/mol. The van der Waals surface area contributed by atoms with E-state index in [4.69, 9.17) is 0 Å². The monoisotopic (exact) mass is 447 g/mol. The molecule has 0 saturated carbocycles. The molecule has 0 saturated heterocycles. The molecule has 0 aliphatic rings. The van der Waals surface area contributed by atoms with Crippen molar-refractivity contribution in [3.05, 3.63) is 48.5 Å². The van der Waals surface area contributed by atoms with E-state index in [0.29, 0.717) is 5.13 Å². The molecule has 27 heavy (non-hydrogen) atoms. The van der Waals surface area contributed by atoms with Gasteiger partial charge in [-0.2, -0.15) is 0 Å². The number of azo groups is 1. The van der Waals surface area contributed by atoms with Gasteiger partial charge in [-0.05, 0) is 43.3 Å². The predicted molar refractivity (Wildman–Crippen MR) is 111 cm³/mol. The number of nitrogens with zero attached hydrogens (tertiary/aromatic N) is 5. The summed E-state index contributed by atoms with van der Waals surface area (Å²) in [6.45, 7) is 5.32. The molecule has 1 aromatic heterocycles. The zero-order valence-electron chi connectivity index (χ0n) is 16.3. The summed E-state index contributed by atoms with van der Waals surface area (Å²) >= 11 is 1.56. The van der Waals surface area contributed by atoms with Crippen LogP contribution in [-0.2, 0) is 0 Å². The van der Waals surface area contributed by atoms with Gasteiger partial charge in [0, 0.05) is 12.2 Å². The molecule has 7 heteroatoms. The van der Waals surface area contributed by atoms with E-state index in [2.05, 4.69) is 66.4 Å². The van der Waals surface area contributed by atoms with Crippen LogP contribution in [0.5, 0.6) is 0 Å². The second-order valence-electron chi connectivity index (χ2n) is 7.27. The number of hydrogen-bond donors (Lipinski definition) is 0. The van der Waals surface area contributed by atoms with E-state index in [1.54, 1.807) is 11.3 Å². The lowest BCUT2D eigenvalue weighted by Gasteiger charge is -2.29. The Balaban J connectivity index is 0.00000261. The highest BCUT2D eigenvalue weighted by molar-refractivity contribution is 7.21. The number of hydrogen-bond acceptors (Lipinski definition) is 5. The van der Waals surface area contributed by atoms with E-state index in [9.17, 15) is 0 Å². The molecule has 0 amide bonds. The van der Waals surface area contributed by atoms with E-state index in [-0.39, 0.29) is 17.0 Å². The first-order chi connectivity index (χ1) is 12.4. The molecular weight excluding hydrogens is 422 g/mol. The highest BCUT2D eigenvalue weighted by atomic mass is 79.9. The van der Waals surface area contributed by atoms with Crippen LogP contribution in [0.25, 0.3) is 10.2 Å². The predicted octanol–water partition coefficient (Wildman–Crippen LogP) is 2.25. The molecule has 0 aliphatic heterocycles. The molecule has 5 nitrogen and oxygen atoms in total. The smallest absolute Gasteiger partial charge is 0.231 e. The number of halogens is 1. The third-order valence-electron chi connectivity index (χ3n) is 4.17. The van der Waals surface area contributed by atoms with Crippen LogP contribution in [0, 0.1) is 0 Å². The van der Waals surface area contributed by atoms with Crippen molar-refractivity contribution in [1.29, 1.82) is 0 Å². The lowest BCUT2D eigenvalue weighted by Crippen LogP contribution is -3.00. The number of likely N-dealkylation sites (N-methyl/N-ethyl adjacent to an activating group) is 2. The van der Waals surface area contributed by atoms with E-state index in [1.165, 1.54) is 5.69 Å². The fraction of sp³-hybridized carbons (Fsp3) is 0.350. The molecule has 144 valence electrons. The number of aromatic nitrogens is 1. The van der Waals surface area contributed by atoms with E-state index < -0.39 is 0 Å². The van der Waals surface area contributed by atoms with Crippen LogP contribution in [0.4, 0.5) is 16.5 Å². The molecule has 0 N–H and O–H groups in total. The van der Waals surface area contributed by atoms with Gasteiger partial charge in [-0.1, -0.05) is 23.5 Å². The van der Waals surface area contributed by atoms with Crippen molar-refractivity contribution in [2.24, 2.45) is 10.2 Å². The SMILES string of the molecule is CCN(CC[N+](C)(C)C)c1ccc(N=Nc2nc3ccccc3s2)cc1.[Br-]. The van der Waals surface area contributed by atoms with Crippen molar-refractivity contribution in [1.82, 2.24) is 4.98 Å². The number of para-hydroxylation sites is 1. The maximum absolute atomic E-state index is 4.48. The molecular formula is C20H26BrN5S. The second-order valence-corrected chi connectivity index (χ2v) is 8.28. The number of benzene rings is 2. The number of anilines is 1. The van der Waals surface area contributed by atoms with Gasteiger partial charge in [-0.25, -0.2) is 4.98 Å². The van der Waals surface area contributed by atoms with Gasteiger partial charge in [0.15, 0.2) is 0 Å². The van der Waals surface area contributed by atoms with Crippen LogP contribution in [0.1, 0.15) is 6.92 Å². The topological polar surface area (TPSA) is 40.9 Å². The van der Waals surface area contributed by atoms with Crippen LogP contribution >= 0.6 is 11.3 Å². The van der Waals surface area contributed by atoms with Crippen molar-refractivity contribution in [3.8, 4) is 0 Å². The van der Waals surface area contributed by atoms with Crippen LogP contribution in [0.2, 0.25) is 0 Å². The highest BCUT2D eigenvalue weighted by Gasteiger charge is 2.11. The van der Waals surface area contributed by atoms with Gasteiger partial charge in [0.2, 0.25) is 5.13 Å². The molecule has 0 radical (unpaired) electrons. The molecule has 2 aromatic carbocycles. The van der Waals surface area contributed by atoms with Crippen LogP contribution in [-0.4, -0.2) is 50.2 Å². The summed E-state index contributed by atoms with van der Waals surface area (Å²) in [4.78, 5) is 6.87. The first kappa shape index (κ1) is 21.5. The lowest BCUT2D eigenvalue weighted by molar-refractivity contribution is -0.868. The Bertz CT molecular complexity index is 850. The molecule has 3 aromatic rings. The molecule has 3 rings (SSSR count). The third-order valence-corrected chi connectivity index (χ3v) is 5.09. The van der Waals surface area contributed by atoms with Gasteiger partial charge >= 0.3 is 0 Å². The minimum atomic E-state index is 0. The molecule has 1 heterocycles. The van der Waals surface area contributed by atoms with Crippen LogP contribution in [0.3, 0.4) is 0 Å². The molecule has 0 atom stereocenters. The highest BCUT2D eigenvalue weighted by Crippen LogP contribution is 2.29. The fourth-order valence-corrected chi connectivity index (χ4v) is 3.41. The Morgan fingerprint density at radius 3 is 2.33 bits per heavy atom. The largest absolute Gasteiger partial charge is 1.00 e. The zero-order valence-corrected chi connectivity index (χ0v) is 18.7. The molecule has 0 spiro atoms. The average Bonchev–Trinajstić information content (AvgIpc) is 3.03.